The fourth-order valence-electron chi connectivity index (χ4n) is 4.21. The number of aliphatic carboxylic acids is 1. The largest absolute Gasteiger partial charge is 0.481 e. The summed E-state index contributed by atoms with van der Waals surface area (Å²) in [5.41, 5.74) is 3.79. The number of hydrogen-bond acceptors (Lipinski definition) is 2. The molecule has 3 rings (SSSR count). The molecule has 0 aromatic heterocycles. The minimum absolute atomic E-state index is 0.00202. The van der Waals surface area contributed by atoms with Crippen molar-refractivity contribution in [3.63, 3.8) is 0 Å². The molecule has 1 saturated heterocycles. The van der Waals surface area contributed by atoms with E-state index in [1.54, 1.807) is 0 Å². The first-order valence-corrected chi connectivity index (χ1v) is 9.33. The number of carboxylic acid groups (broad SMARTS) is 1. The van der Waals surface area contributed by atoms with Gasteiger partial charge in [-0.05, 0) is 69.1 Å². The summed E-state index contributed by atoms with van der Waals surface area (Å²) in [5.74, 6) is -0.957. The number of amides is 2. The molecule has 1 saturated carbocycles. The van der Waals surface area contributed by atoms with Crippen molar-refractivity contribution < 1.29 is 14.7 Å². The summed E-state index contributed by atoms with van der Waals surface area (Å²) in [6.07, 6.45) is 4.84. The molecule has 5 nitrogen and oxygen atoms in total. The number of carbonyl (C=O) groups excluding carboxylic acids is 1. The van der Waals surface area contributed by atoms with E-state index in [9.17, 15) is 9.59 Å². The molecule has 25 heavy (non-hydrogen) atoms. The zero-order valence-electron chi connectivity index (χ0n) is 15.1. The molecule has 1 aromatic carbocycles. The highest BCUT2D eigenvalue weighted by Gasteiger charge is 2.33. The highest BCUT2D eigenvalue weighted by Crippen LogP contribution is 2.35. The van der Waals surface area contributed by atoms with Gasteiger partial charge in [0.1, 0.15) is 0 Å². The molecule has 1 aromatic rings. The summed E-state index contributed by atoms with van der Waals surface area (Å²) in [5, 5.41) is 12.2. The minimum Gasteiger partial charge on any atom is -0.481 e. The lowest BCUT2D eigenvalue weighted by Crippen LogP contribution is -2.46. The molecule has 2 N–H and O–H groups in total. The first kappa shape index (κ1) is 17.8. The topological polar surface area (TPSA) is 69.6 Å². The third kappa shape index (κ3) is 3.80. The van der Waals surface area contributed by atoms with E-state index in [0.29, 0.717) is 12.8 Å². The number of nitrogens with zero attached hydrogens (tertiary/aromatic N) is 1. The number of carboxylic acids is 1. The molecule has 0 radical (unpaired) electrons. The van der Waals surface area contributed by atoms with Crippen molar-refractivity contribution in [1.82, 2.24) is 10.2 Å². The smallest absolute Gasteiger partial charge is 0.318 e. The fraction of sp³-hybridized carbons (Fsp3) is 0.600. The van der Waals surface area contributed by atoms with Crippen molar-refractivity contribution in [3.05, 3.63) is 34.9 Å². The highest BCUT2D eigenvalue weighted by molar-refractivity contribution is 5.75. The molecule has 0 bridgehead atoms. The molecule has 1 unspecified atom stereocenters. The maximum atomic E-state index is 12.8. The molecule has 1 heterocycles. The van der Waals surface area contributed by atoms with E-state index in [4.69, 9.17) is 5.11 Å². The van der Waals surface area contributed by atoms with E-state index >= 15 is 0 Å². The van der Waals surface area contributed by atoms with E-state index in [2.05, 4.69) is 37.4 Å². The van der Waals surface area contributed by atoms with Crippen LogP contribution in [0.4, 0.5) is 4.79 Å². The molecule has 1 aliphatic heterocycles. The molecule has 2 amide bonds. The lowest BCUT2D eigenvalue weighted by molar-refractivity contribution is -0.142. The van der Waals surface area contributed by atoms with Crippen LogP contribution >= 0.6 is 0 Å². The van der Waals surface area contributed by atoms with Crippen LogP contribution in [0.15, 0.2) is 18.2 Å². The second kappa shape index (κ2) is 7.46. The molecule has 0 spiro atoms. The summed E-state index contributed by atoms with van der Waals surface area (Å²) < 4.78 is 0. The Morgan fingerprint density at radius 3 is 2.52 bits per heavy atom. The fourth-order valence-corrected chi connectivity index (χ4v) is 4.21. The normalized spacial score (nSPS) is 26.5. The van der Waals surface area contributed by atoms with Gasteiger partial charge in [-0.1, -0.05) is 18.2 Å². The van der Waals surface area contributed by atoms with Gasteiger partial charge in [0.25, 0.3) is 0 Å². The number of nitrogens with one attached hydrogen (secondary N) is 1. The number of hydrogen-bond donors (Lipinski definition) is 2. The van der Waals surface area contributed by atoms with E-state index in [1.807, 2.05) is 4.90 Å². The number of carbonyl (C=O) groups is 2. The Morgan fingerprint density at radius 2 is 1.84 bits per heavy atom. The predicted octanol–water partition coefficient (Wildman–Crippen LogP) is 3.79. The summed E-state index contributed by atoms with van der Waals surface area (Å²) >= 11 is 0. The predicted molar refractivity (Wildman–Crippen MR) is 96.5 cm³/mol. The molecule has 136 valence electrons. The van der Waals surface area contributed by atoms with E-state index in [1.165, 1.54) is 16.7 Å². The van der Waals surface area contributed by atoms with Gasteiger partial charge in [0.2, 0.25) is 0 Å². The summed E-state index contributed by atoms with van der Waals surface area (Å²) in [7, 11) is 0. The summed E-state index contributed by atoms with van der Waals surface area (Å²) in [4.78, 5) is 25.8. The molecule has 5 heteroatoms. The molecular formula is C20H28N2O3. The third-order valence-corrected chi connectivity index (χ3v) is 5.92. The Balaban J connectivity index is 1.64. The van der Waals surface area contributed by atoms with Crippen LogP contribution in [0.1, 0.15) is 61.3 Å². The van der Waals surface area contributed by atoms with Crippen LogP contribution in [0.5, 0.6) is 0 Å². The van der Waals surface area contributed by atoms with Crippen molar-refractivity contribution in [2.24, 2.45) is 5.92 Å². The van der Waals surface area contributed by atoms with Gasteiger partial charge < -0.3 is 15.3 Å². The Hall–Kier alpha value is -2.04. The van der Waals surface area contributed by atoms with Crippen LogP contribution in [0, 0.1) is 19.8 Å². The number of benzene rings is 1. The van der Waals surface area contributed by atoms with Gasteiger partial charge in [0, 0.05) is 12.6 Å². The second-order valence-electron chi connectivity index (χ2n) is 7.48. The first-order valence-electron chi connectivity index (χ1n) is 9.33. The van der Waals surface area contributed by atoms with Gasteiger partial charge >= 0.3 is 12.0 Å². The van der Waals surface area contributed by atoms with Gasteiger partial charge in [-0.15, -0.1) is 0 Å². The van der Waals surface area contributed by atoms with Gasteiger partial charge in [-0.3, -0.25) is 4.79 Å². The van der Waals surface area contributed by atoms with Crippen LogP contribution < -0.4 is 5.32 Å². The maximum absolute atomic E-state index is 12.8. The van der Waals surface area contributed by atoms with Gasteiger partial charge in [-0.25, -0.2) is 4.79 Å². The SMILES string of the molecule is Cc1cccc(C2CCCN2C(=O)NC2CCC(C(=O)O)CC2)c1C. The zero-order chi connectivity index (χ0) is 18.0. The summed E-state index contributed by atoms with van der Waals surface area (Å²) in [6, 6.07) is 6.56. The Morgan fingerprint density at radius 1 is 1.12 bits per heavy atom. The lowest BCUT2D eigenvalue weighted by atomic mass is 9.86. The maximum Gasteiger partial charge on any atom is 0.318 e. The molecule has 2 fully saturated rings. The number of aryl methyl sites for hydroxylation is 1. The average Bonchev–Trinajstić information content (AvgIpc) is 3.07. The van der Waals surface area contributed by atoms with Crippen LogP contribution in [0.25, 0.3) is 0 Å². The van der Waals surface area contributed by atoms with Crippen molar-refractivity contribution in [2.45, 2.75) is 64.5 Å². The van der Waals surface area contributed by atoms with Crippen LogP contribution in [0.2, 0.25) is 0 Å². The van der Waals surface area contributed by atoms with Gasteiger partial charge in [-0.2, -0.15) is 0 Å². The van der Waals surface area contributed by atoms with Crippen molar-refractivity contribution in [1.29, 1.82) is 0 Å². The quantitative estimate of drug-likeness (QED) is 0.876. The number of rotatable bonds is 3. The summed E-state index contributed by atoms with van der Waals surface area (Å²) in [6.45, 7) is 5.03. The van der Waals surface area contributed by atoms with Gasteiger partial charge in [0.15, 0.2) is 0 Å². The van der Waals surface area contributed by atoms with Crippen LogP contribution in [0.3, 0.4) is 0 Å². The zero-order valence-corrected chi connectivity index (χ0v) is 15.1. The van der Waals surface area contributed by atoms with Gasteiger partial charge in [0.05, 0.1) is 12.0 Å². The standard InChI is InChI=1S/C20H28N2O3/c1-13-5-3-6-17(14(13)2)18-7-4-12-22(18)20(25)21-16-10-8-15(9-11-16)19(23)24/h3,5-6,15-16,18H,4,7-12H2,1-2H3,(H,21,25)(H,23,24). The van der Waals surface area contributed by atoms with Crippen molar-refractivity contribution in [3.8, 4) is 0 Å². The Kier molecular flexibility index (Phi) is 5.30. The lowest BCUT2D eigenvalue weighted by Gasteiger charge is -2.31. The number of urea groups is 1. The molecule has 1 atom stereocenters. The minimum atomic E-state index is -0.709. The molecule has 2 aliphatic rings. The Bertz CT molecular complexity index is 650. The van der Waals surface area contributed by atoms with Crippen LogP contribution in [-0.2, 0) is 4.79 Å². The van der Waals surface area contributed by atoms with E-state index < -0.39 is 5.97 Å². The number of likely N-dealkylation sites (tertiary alicyclic amines) is 1. The first-order chi connectivity index (χ1) is 12.0. The molecule has 1 aliphatic carbocycles. The third-order valence-electron chi connectivity index (χ3n) is 5.92. The molecular weight excluding hydrogens is 316 g/mol. The van der Waals surface area contributed by atoms with E-state index in [-0.39, 0.29) is 24.0 Å². The van der Waals surface area contributed by atoms with Crippen LogP contribution in [-0.4, -0.2) is 34.6 Å². The Labute approximate surface area is 149 Å². The van der Waals surface area contributed by atoms with Crippen molar-refractivity contribution in [2.75, 3.05) is 6.54 Å². The monoisotopic (exact) mass is 344 g/mol. The van der Waals surface area contributed by atoms with E-state index in [0.717, 1.165) is 32.2 Å². The average molecular weight is 344 g/mol. The van der Waals surface area contributed by atoms with Crippen molar-refractivity contribution >= 4 is 12.0 Å². The second-order valence-corrected chi connectivity index (χ2v) is 7.48. The highest BCUT2D eigenvalue weighted by atomic mass is 16.4.